The molecule has 6 nitrogen and oxygen atoms in total. The minimum Gasteiger partial charge on any atom is -0.388 e. The summed E-state index contributed by atoms with van der Waals surface area (Å²) >= 11 is 0. The van der Waals surface area contributed by atoms with E-state index in [1.54, 1.807) is 24.1 Å². The number of benzene rings is 1. The highest BCUT2D eigenvalue weighted by Crippen LogP contribution is 2.27. The van der Waals surface area contributed by atoms with Crippen LogP contribution in [0.5, 0.6) is 0 Å². The van der Waals surface area contributed by atoms with Gasteiger partial charge >= 0.3 is 0 Å². The van der Waals surface area contributed by atoms with E-state index in [0.29, 0.717) is 30.9 Å². The molecule has 3 aromatic heterocycles. The molecule has 0 spiro atoms. The fourth-order valence-electron chi connectivity index (χ4n) is 3.92. The number of aliphatic hydroxyl groups is 1. The fourth-order valence-corrected chi connectivity index (χ4v) is 3.92. The lowest BCUT2D eigenvalue weighted by Crippen LogP contribution is -2.34. The van der Waals surface area contributed by atoms with Crippen LogP contribution in [0.4, 0.5) is 0 Å². The molecule has 0 bridgehead atoms. The van der Waals surface area contributed by atoms with E-state index in [1.165, 1.54) is 0 Å². The van der Waals surface area contributed by atoms with Crippen molar-refractivity contribution in [2.24, 2.45) is 0 Å². The molecule has 4 aromatic rings. The summed E-state index contributed by atoms with van der Waals surface area (Å²) in [5.41, 5.74) is 4.02. The van der Waals surface area contributed by atoms with Gasteiger partial charge in [0, 0.05) is 35.9 Å². The first-order valence-electron chi connectivity index (χ1n) is 10.0. The molecule has 150 valence electrons. The maximum Gasteiger partial charge on any atom is 0.272 e. The minimum absolute atomic E-state index is 0.156. The zero-order valence-corrected chi connectivity index (χ0v) is 16.7. The average Bonchev–Trinajstić information content (AvgIpc) is 3.36. The summed E-state index contributed by atoms with van der Waals surface area (Å²) in [7, 11) is 0. The Bertz CT molecular complexity index is 1230. The van der Waals surface area contributed by atoms with Crippen LogP contribution in [0.2, 0.25) is 0 Å². The van der Waals surface area contributed by atoms with Crippen LogP contribution in [-0.4, -0.2) is 49.6 Å². The van der Waals surface area contributed by atoms with E-state index < -0.39 is 5.60 Å². The zero-order valence-electron chi connectivity index (χ0n) is 16.7. The smallest absolute Gasteiger partial charge is 0.272 e. The van der Waals surface area contributed by atoms with E-state index in [4.69, 9.17) is 0 Å². The number of hydrogen-bond donors (Lipinski definition) is 2. The number of likely N-dealkylation sites (tertiary alicyclic amines) is 1. The predicted molar refractivity (Wildman–Crippen MR) is 116 cm³/mol. The number of aromatic amines is 1. The van der Waals surface area contributed by atoms with E-state index in [0.717, 1.165) is 27.9 Å². The number of carbonyl (C=O) groups is 1. The largest absolute Gasteiger partial charge is 0.388 e. The van der Waals surface area contributed by atoms with E-state index in [9.17, 15) is 9.90 Å². The number of rotatable bonds is 3. The molecule has 2 N–H and O–H groups in total. The van der Waals surface area contributed by atoms with Crippen LogP contribution in [-0.2, 0) is 0 Å². The zero-order chi connectivity index (χ0) is 20.7. The summed E-state index contributed by atoms with van der Waals surface area (Å²) in [6.45, 7) is 2.62. The summed E-state index contributed by atoms with van der Waals surface area (Å²) in [5, 5.41) is 11.1. The predicted octanol–water partition coefficient (Wildman–Crippen LogP) is 3.89. The third-order valence-corrected chi connectivity index (χ3v) is 5.56. The van der Waals surface area contributed by atoms with Gasteiger partial charge in [0.25, 0.3) is 5.91 Å². The first-order chi connectivity index (χ1) is 14.5. The van der Waals surface area contributed by atoms with Gasteiger partial charge in [-0.15, -0.1) is 0 Å². The lowest BCUT2D eigenvalue weighted by atomic mass is 10.1. The Hall–Kier alpha value is -3.51. The van der Waals surface area contributed by atoms with Gasteiger partial charge in [-0.05, 0) is 43.2 Å². The minimum atomic E-state index is -0.826. The summed E-state index contributed by atoms with van der Waals surface area (Å²) in [6.07, 6.45) is 2.35. The highest BCUT2D eigenvalue weighted by Gasteiger charge is 2.34. The van der Waals surface area contributed by atoms with Crippen LogP contribution >= 0.6 is 0 Å². The van der Waals surface area contributed by atoms with Gasteiger partial charge < -0.3 is 15.0 Å². The van der Waals surface area contributed by atoms with Crippen LogP contribution < -0.4 is 0 Å². The topological polar surface area (TPSA) is 82.1 Å². The maximum atomic E-state index is 12.8. The highest BCUT2D eigenvalue weighted by atomic mass is 16.3. The van der Waals surface area contributed by atoms with Crippen LogP contribution in [0, 0.1) is 0 Å². The second kappa shape index (κ2) is 7.07. The van der Waals surface area contributed by atoms with Crippen molar-refractivity contribution in [1.82, 2.24) is 19.9 Å². The second-order valence-electron chi connectivity index (χ2n) is 8.09. The summed E-state index contributed by atoms with van der Waals surface area (Å²) in [5.74, 6) is -0.156. The highest BCUT2D eigenvalue weighted by molar-refractivity contribution is 5.93. The van der Waals surface area contributed by atoms with Gasteiger partial charge in [0.15, 0.2) is 0 Å². The van der Waals surface area contributed by atoms with Crippen LogP contribution in [0.25, 0.3) is 33.5 Å². The third-order valence-electron chi connectivity index (χ3n) is 5.56. The fraction of sp³-hybridized carbons (Fsp3) is 0.208. The number of hydrogen-bond acceptors (Lipinski definition) is 4. The molecule has 1 saturated heterocycles. The molecule has 4 heterocycles. The Balaban J connectivity index is 1.45. The molecule has 1 aliphatic rings. The number of amides is 1. The van der Waals surface area contributed by atoms with Crippen LogP contribution in [0.15, 0.2) is 66.9 Å². The molecule has 1 fully saturated rings. The lowest BCUT2D eigenvalue weighted by molar-refractivity contribution is 0.0569. The molecular weight excluding hydrogens is 376 g/mol. The number of pyridine rings is 2. The molecule has 0 aliphatic carbocycles. The normalized spacial score (nSPS) is 18.8. The first-order valence-corrected chi connectivity index (χ1v) is 10.0. The molecule has 1 atom stereocenters. The quantitative estimate of drug-likeness (QED) is 0.549. The maximum absolute atomic E-state index is 12.8. The Kier molecular flexibility index (Phi) is 4.37. The van der Waals surface area contributed by atoms with E-state index in [-0.39, 0.29) is 5.91 Å². The number of H-pyrrole nitrogens is 1. The molecule has 1 aliphatic heterocycles. The van der Waals surface area contributed by atoms with Gasteiger partial charge in [-0.2, -0.15) is 0 Å². The Morgan fingerprint density at radius 2 is 1.93 bits per heavy atom. The number of fused-ring (bicyclic) bond motifs is 1. The molecule has 1 aromatic carbocycles. The van der Waals surface area contributed by atoms with Crippen molar-refractivity contribution in [3.63, 3.8) is 0 Å². The molecule has 6 heteroatoms. The van der Waals surface area contributed by atoms with Crippen molar-refractivity contribution < 1.29 is 9.90 Å². The van der Waals surface area contributed by atoms with Crippen molar-refractivity contribution in [3.05, 3.63) is 72.6 Å². The molecule has 1 unspecified atom stereocenters. The van der Waals surface area contributed by atoms with Crippen LogP contribution in [0.3, 0.4) is 0 Å². The van der Waals surface area contributed by atoms with Crippen molar-refractivity contribution >= 4 is 16.9 Å². The van der Waals surface area contributed by atoms with E-state index in [1.807, 2.05) is 36.4 Å². The van der Waals surface area contributed by atoms with E-state index in [2.05, 4.69) is 33.2 Å². The Labute approximate surface area is 174 Å². The summed E-state index contributed by atoms with van der Waals surface area (Å²) in [6, 6.07) is 19.6. The van der Waals surface area contributed by atoms with Crippen molar-refractivity contribution in [1.29, 1.82) is 0 Å². The molecule has 5 rings (SSSR count). The monoisotopic (exact) mass is 398 g/mol. The Morgan fingerprint density at radius 1 is 1.10 bits per heavy atom. The number of nitrogens with one attached hydrogen (secondary N) is 1. The van der Waals surface area contributed by atoms with Crippen LogP contribution in [0.1, 0.15) is 23.8 Å². The summed E-state index contributed by atoms with van der Waals surface area (Å²) < 4.78 is 0. The summed E-state index contributed by atoms with van der Waals surface area (Å²) in [4.78, 5) is 27.0. The van der Waals surface area contributed by atoms with Gasteiger partial charge in [-0.1, -0.05) is 36.4 Å². The van der Waals surface area contributed by atoms with Crippen molar-refractivity contribution in [2.45, 2.75) is 18.9 Å². The molecule has 0 radical (unpaired) electrons. The van der Waals surface area contributed by atoms with Gasteiger partial charge in [-0.25, -0.2) is 9.97 Å². The molecular formula is C24H22N4O2. The lowest BCUT2D eigenvalue weighted by Gasteiger charge is -2.18. The van der Waals surface area contributed by atoms with Crippen molar-refractivity contribution in [2.75, 3.05) is 13.1 Å². The number of β-amino-alcohol motifs (C(OH)–C–C–N with tert-alkyl or cyclic N) is 1. The van der Waals surface area contributed by atoms with Gasteiger partial charge in [-0.3, -0.25) is 4.79 Å². The SMILES string of the molecule is CC1(O)CCN(C(=O)c2cccc(-c3cnc4[nH]c(-c5ccccc5)cc4c3)n2)C1. The van der Waals surface area contributed by atoms with E-state index >= 15 is 0 Å². The van der Waals surface area contributed by atoms with Gasteiger partial charge in [0.05, 0.1) is 11.3 Å². The number of aromatic nitrogens is 3. The average molecular weight is 398 g/mol. The second-order valence-corrected chi connectivity index (χ2v) is 8.09. The molecule has 30 heavy (non-hydrogen) atoms. The van der Waals surface area contributed by atoms with Gasteiger partial charge in [0.1, 0.15) is 11.3 Å². The number of nitrogens with zero attached hydrogens (tertiary/aromatic N) is 3. The van der Waals surface area contributed by atoms with Gasteiger partial charge in [0.2, 0.25) is 0 Å². The molecule has 0 saturated carbocycles. The third kappa shape index (κ3) is 3.46. The van der Waals surface area contributed by atoms with Crippen molar-refractivity contribution in [3.8, 4) is 22.5 Å². The first kappa shape index (κ1) is 18.5. The molecule has 1 amide bonds. The Morgan fingerprint density at radius 3 is 2.70 bits per heavy atom. The number of carbonyl (C=O) groups excluding carboxylic acids is 1. The standard InChI is InChI=1S/C24H22N4O2/c1-24(30)10-11-28(15-24)23(29)20-9-5-8-19(26-20)18-12-17-13-21(27-22(17)25-14-18)16-6-3-2-4-7-16/h2-9,12-14,30H,10-11,15H2,1H3,(H,25,27).